The first-order chi connectivity index (χ1) is 7.71. The molecule has 1 aliphatic heterocycles. The van der Waals surface area contributed by atoms with E-state index in [9.17, 15) is 4.79 Å². The van der Waals surface area contributed by atoms with Gasteiger partial charge in [-0.15, -0.1) is 11.8 Å². The summed E-state index contributed by atoms with van der Waals surface area (Å²) in [5.74, 6) is 1.37. The first kappa shape index (κ1) is 12.2. The molecule has 2 fully saturated rings. The Morgan fingerprint density at radius 3 is 2.88 bits per heavy atom. The number of nitrogens with one attached hydrogen (secondary N) is 2. The summed E-state index contributed by atoms with van der Waals surface area (Å²) in [6.45, 7) is 3.92. The molecule has 1 saturated carbocycles. The van der Waals surface area contributed by atoms with E-state index in [-0.39, 0.29) is 10.7 Å². The number of carbonyl (C=O) groups is 1. The van der Waals surface area contributed by atoms with E-state index in [1.165, 1.54) is 19.3 Å². The van der Waals surface area contributed by atoms with Crippen LogP contribution in [0.1, 0.15) is 39.0 Å². The van der Waals surface area contributed by atoms with Gasteiger partial charge in [0.05, 0.1) is 4.75 Å². The van der Waals surface area contributed by atoms with Crippen LogP contribution in [-0.2, 0) is 4.79 Å². The summed E-state index contributed by atoms with van der Waals surface area (Å²) < 4.78 is -0.149. The molecule has 0 radical (unpaired) electrons. The second-order valence-corrected chi connectivity index (χ2v) is 6.62. The average molecular weight is 242 g/mol. The van der Waals surface area contributed by atoms with Crippen LogP contribution >= 0.6 is 11.8 Å². The largest absolute Gasteiger partial charge is 0.355 e. The van der Waals surface area contributed by atoms with Crippen molar-refractivity contribution in [3.8, 4) is 0 Å². The number of hydrogen-bond donors (Lipinski definition) is 2. The maximum atomic E-state index is 11.9. The van der Waals surface area contributed by atoms with E-state index in [0.717, 1.165) is 37.7 Å². The predicted octanol–water partition coefficient (Wildman–Crippen LogP) is 1.53. The van der Waals surface area contributed by atoms with Gasteiger partial charge in [0.25, 0.3) is 0 Å². The molecule has 0 aromatic heterocycles. The van der Waals surface area contributed by atoms with E-state index in [1.54, 1.807) is 11.8 Å². The van der Waals surface area contributed by atoms with E-state index in [1.807, 2.05) is 0 Å². The normalized spacial score (nSPS) is 29.3. The third-order valence-electron chi connectivity index (χ3n) is 3.35. The van der Waals surface area contributed by atoms with Gasteiger partial charge in [0, 0.05) is 12.6 Å². The molecular weight excluding hydrogens is 220 g/mol. The Balaban J connectivity index is 1.55. The lowest BCUT2D eigenvalue weighted by atomic mass is 10.1. The number of hydrogen-bond acceptors (Lipinski definition) is 3. The highest BCUT2D eigenvalue weighted by Gasteiger charge is 2.36. The summed E-state index contributed by atoms with van der Waals surface area (Å²) >= 11 is 1.80. The zero-order valence-corrected chi connectivity index (χ0v) is 10.9. The minimum atomic E-state index is -0.149. The van der Waals surface area contributed by atoms with Gasteiger partial charge in [-0.1, -0.05) is 0 Å². The number of amides is 1. The Labute approximate surface area is 102 Å². The zero-order valence-electron chi connectivity index (χ0n) is 10.1. The van der Waals surface area contributed by atoms with Gasteiger partial charge in [-0.25, -0.2) is 0 Å². The molecule has 1 aliphatic carbocycles. The van der Waals surface area contributed by atoms with Crippen molar-refractivity contribution < 1.29 is 4.79 Å². The maximum absolute atomic E-state index is 11.9. The molecule has 2 rings (SSSR count). The molecule has 0 aromatic carbocycles. The van der Waals surface area contributed by atoms with Gasteiger partial charge in [0.15, 0.2) is 0 Å². The van der Waals surface area contributed by atoms with Crippen LogP contribution in [0.2, 0.25) is 0 Å². The molecule has 92 valence electrons. The van der Waals surface area contributed by atoms with Gasteiger partial charge in [-0.3, -0.25) is 4.79 Å². The van der Waals surface area contributed by atoms with Crippen molar-refractivity contribution in [3.63, 3.8) is 0 Å². The predicted molar refractivity (Wildman–Crippen MR) is 68.7 cm³/mol. The summed E-state index contributed by atoms with van der Waals surface area (Å²) in [6, 6.07) is 0.776. The molecule has 2 N–H and O–H groups in total. The maximum Gasteiger partial charge on any atom is 0.235 e. The number of rotatable bonds is 6. The quantitative estimate of drug-likeness (QED) is 0.694. The molecular formula is C12H22N2OS. The van der Waals surface area contributed by atoms with Crippen molar-refractivity contribution in [2.45, 2.75) is 49.8 Å². The van der Waals surface area contributed by atoms with Crippen LogP contribution in [0.3, 0.4) is 0 Å². The average Bonchev–Trinajstić information content (AvgIpc) is 2.99. The smallest absolute Gasteiger partial charge is 0.235 e. The van der Waals surface area contributed by atoms with E-state index in [0.29, 0.717) is 0 Å². The molecule has 0 spiro atoms. The van der Waals surface area contributed by atoms with Crippen molar-refractivity contribution in [2.75, 3.05) is 18.8 Å². The van der Waals surface area contributed by atoms with Gasteiger partial charge < -0.3 is 10.6 Å². The van der Waals surface area contributed by atoms with Gasteiger partial charge in [-0.05, 0) is 51.3 Å². The first-order valence-corrected chi connectivity index (χ1v) is 7.35. The molecule has 1 unspecified atom stereocenters. The fourth-order valence-corrected chi connectivity index (χ4v) is 3.26. The second kappa shape index (κ2) is 5.41. The van der Waals surface area contributed by atoms with Crippen LogP contribution in [0.25, 0.3) is 0 Å². The Morgan fingerprint density at radius 2 is 2.25 bits per heavy atom. The second-order valence-electron chi connectivity index (χ2n) is 5.02. The minimum Gasteiger partial charge on any atom is -0.355 e. The molecule has 1 amide bonds. The third-order valence-corrected chi connectivity index (χ3v) is 4.87. The fraction of sp³-hybridized carbons (Fsp3) is 0.917. The lowest BCUT2D eigenvalue weighted by Crippen LogP contribution is -2.41. The third kappa shape index (κ3) is 3.39. The van der Waals surface area contributed by atoms with Gasteiger partial charge in [0.1, 0.15) is 0 Å². The topological polar surface area (TPSA) is 41.1 Å². The van der Waals surface area contributed by atoms with E-state index in [4.69, 9.17) is 0 Å². The molecule has 16 heavy (non-hydrogen) atoms. The minimum absolute atomic E-state index is 0.149. The highest BCUT2D eigenvalue weighted by Crippen LogP contribution is 2.37. The van der Waals surface area contributed by atoms with Crippen LogP contribution in [0.4, 0.5) is 0 Å². The monoisotopic (exact) mass is 242 g/mol. The Kier molecular flexibility index (Phi) is 4.14. The van der Waals surface area contributed by atoms with Crippen LogP contribution in [0.15, 0.2) is 0 Å². The molecule has 0 bridgehead atoms. The summed E-state index contributed by atoms with van der Waals surface area (Å²) in [5.41, 5.74) is 0. The molecule has 2 aliphatic rings. The van der Waals surface area contributed by atoms with Crippen molar-refractivity contribution in [3.05, 3.63) is 0 Å². The van der Waals surface area contributed by atoms with Crippen LogP contribution in [-0.4, -0.2) is 35.5 Å². The standard InChI is InChI=1S/C12H22N2OS/c1-12(6-2-9-16-12)11(15)14-8-3-7-13-10-4-5-10/h10,13H,2-9H2,1H3,(H,14,15). The Morgan fingerprint density at radius 1 is 1.44 bits per heavy atom. The van der Waals surface area contributed by atoms with Gasteiger partial charge >= 0.3 is 0 Å². The van der Waals surface area contributed by atoms with Crippen molar-refractivity contribution in [1.82, 2.24) is 10.6 Å². The zero-order chi connectivity index (χ0) is 11.4. The fourth-order valence-electron chi connectivity index (χ4n) is 2.03. The Hall–Kier alpha value is -0.220. The lowest BCUT2D eigenvalue weighted by Gasteiger charge is -2.21. The molecule has 3 nitrogen and oxygen atoms in total. The highest BCUT2D eigenvalue weighted by atomic mass is 32.2. The summed E-state index contributed by atoms with van der Waals surface area (Å²) in [4.78, 5) is 11.9. The molecule has 4 heteroatoms. The molecule has 1 atom stereocenters. The van der Waals surface area contributed by atoms with Crippen LogP contribution in [0, 0.1) is 0 Å². The highest BCUT2D eigenvalue weighted by molar-refractivity contribution is 8.01. The molecule has 0 aromatic rings. The number of carbonyl (C=O) groups excluding carboxylic acids is 1. The SMILES string of the molecule is CC1(C(=O)NCCCNC2CC2)CCCS1. The number of thioether (sulfide) groups is 1. The van der Waals surface area contributed by atoms with Gasteiger partial charge in [-0.2, -0.15) is 0 Å². The molecule has 1 heterocycles. The van der Waals surface area contributed by atoms with E-state index < -0.39 is 0 Å². The molecule has 1 saturated heterocycles. The van der Waals surface area contributed by atoms with Crippen molar-refractivity contribution >= 4 is 17.7 Å². The van der Waals surface area contributed by atoms with E-state index >= 15 is 0 Å². The summed E-state index contributed by atoms with van der Waals surface area (Å²) in [5, 5.41) is 6.51. The first-order valence-electron chi connectivity index (χ1n) is 6.36. The van der Waals surface area contributed by atoms with Crippen molar-refractivity contribution in [2.24, 2.45) is 0 Å². The van der Waals surface area contributed by atoms with Crippen LogP contribution < -0.4 is 10.6 Å². The summed E-state index contributed by atoms with van der Waals surface area (Å²) in [6.07, 6.45) is 5.92. The van der Waals surface area contributed by atoms with Crippen molar-refractivity contribution in [1.29, 1.82) is 0 Å². The lowest BCUT2D eigenvalue weighted by molar-refractivity contribution is -0.123. The van der Waals surface area contributed by atoms with Gasteiger partial charge in [0.2, 0.25) is 5.91 Å². The van der Waals surface area contributed by atoms with Crippen LogP contribution in [0.5, 0.6) is 0 Å². The Bertz CT molecular complexity index is 247. The van der Waals surface area contributed by atoms with E-state index in [2.05, 4.69) is 17.6 Å². The summed E-state index contributed by atoms with van der Waals surface area (Å²) in [7, 11) is 0.